The second-order valence-electron chi connectivity index (χ2n) is 15.8. The van der Waals surface area contributed by atoms with Gasteiger partial charge in [-0.25, -0.2) is 14.8 Å². The van der Waals surface area contributed by atoms with Crippen LogP contribution in [0, 0.1) is 11.3 Å². The first kappa shape index (κ1) is 39.9. The minimum absolute atomic E-state index is 0.0588. The number of carboxylic acid groups (broad SMARTS) is 1. The van der Waals surface area contributed by atoms with E-state index in [1.165, 1.54) is 25.7 Å². The van der Waals surface area contributed by atoms with Gasteiger partial charge in [-0.15, -0.1) is 0 Å². The Morgan fingerprint density at radius 3 is 1.90 bits per heavy atom. The molecule has 0 saturated carbocycles. The predicted molar refractivity (Wildman–Crippen MR) is 207 cm³/mol. The monoisotopic (exact) mass is 705 g/mol. The summed E-state index contributed by atoms with van der Waals surface area (Å²) in [5.74, 6) is -1.11. The van der Waals surface area contributed by atoms with E-state index in [2.05, 4.69) is 43.0 Å². The Labute approximate surface area is 309 Å². The summed E-state index contributed by atoms with van der Waals surface area (Å²) in [6.07, 6.45) is 9.81. The molecule has 0 radical (unpaired) electrons. The normalized spacial score (nSPS) is 12.9. The Balaban J connectivity index is 1.44. The van der Waals surface area contributed by atoms with Crippen molar-refractivity contribution in [2.75, 3.05) is 6.61 Å². The van der Waals surface area contributed by atoms with E-state index in [0.717, 1.165) is 46.6 Å². The topological polar surface area (TPSA) is 118 Å². The molecule has 52 heavy (non-hydrogen) atoms. The number of rotatable bonds is 17. The average Bonchev–Trinajstić information content (AvgIpc) is 3.11. The zero-order valence-electron chi connectivity index (χ0n) is 31.9. The van der Waals surface area contributed by atoms with Gasteiger partial charge in [0.05, 0.1) is 6.61 Å². The molecule has 0 fully saturated rings. The van der Waals surface area contributed by atoms with E-state index in [4.69, 9.17) is 4.74 Å². The van der Waals surface area contributed by atoms with Gasteiger partial charge in [0.15, 0.2) is 11.6 Å². The SMILES string of the molecule is CCCCCCCOc1ccc(-c2cnc(-c3ccc(C[C@H](CC(=O)c4ccc(C(C)(C)C)cc4)C(=O)N[C@H](C(=O)O)C(C)(C)C)cc3)nc2)cc1. The number of benzene rings is 3. The highest BCUT2D eigenvalue weighted by Gasteiger charge is 2.35. The Bertz CT molecular complexity index is 1750. The molecule has 0 spiro atoms. The predicted octanol–water partition coefficient (Wildman–Crippen LogP) is 9.50. The number of amides is 1. The number of aliphatic carboxylic acids is 1. The number of ketones is 1. The lowest BCUT2D eigenvalue weighted by atomic mass is 9.84. The summed E-state index contributed by atoms with van der Waals surface area (Å²) < 4.78 is 5.90. The highest BCUT2D eigenvalue weighted by atomic mass is 16.5. The second kappa shape index (κ2) is 18.1. The van der Waals surface area contributed by atoms with Crippen molar-refractivity contribution in [2.45, 2.75) is 105 Å². The standard InChI is InChI=1S/C44H55N3O5/c1-8-9-10-11-12-25-52-37-23-19-31(20-24-37)35-28-45-40(46-29-35)33-15-13-30(14-16-33)26-34(41(49)47-39(42(50)51)44(5,6)7)27-38(48)32-17-21-36(22-18-32)43(2,3)4/h13-24,28-29,34,39H,8-12,25-27H2,1-7H3,(H,47,49)(H,50,51)/t34-,39-/m1/s1. The fraction of sp³-hybridized carbons (Fsp3) is 0.432. The van der Waals surface area contributed by atoms with Gasteiger partial charge >= 0.3 is 5.97 Å². The number of hydrogen-bond donors (Lipinski definition) is 2. The van der Waals surface area contributed by atoms with E-state index in [0.29, 0.717) is 11.4 Å². The van der Waals surface area contributed by atoms with Gasteiger partial charge in [-0.05, 0) is 52.5 Å². The van der Waals surface area contributed by atoms with E-state index in [1.54, 1.807) is 45.3 Å². The lowest BCUT2D eigenvalue weighted by Gasteiger charge is -2.29. The van der Waals surface area contributed by atoms with Crippen LogP contribution in [0.25, 0.3) is 22.5 Å². The largest absolute Gasteiger partial charge is 0.494 e. The number of nitrogens with one attached hydrogen (secondary N) is 1. The first-order valence-electron chi connectivity index (χ1n) is 18.5. The molecule has 8 heteroatoms. The summed E-state index contributed by atoms with van der Waals surface area (Å²) in [6.45, 7) is 14.6. The van der Waals surface area contributed by atoms with Crippen molar-refractivity contribution in [3.63, 3.8) is 0 Å². The molecule has 8 nitrogen and oxygen atoms in total. The maximum absolute atomic E-state index is 13.7. The average molecular weight is 706 g/mol. The van der Waals surface area contributed by atoms with Crippen molar-refractivity contribution in [1.82, 2.24) is 15.3 Å². The smallest absolute Gasteiger partial charge is 0.326 e. The van der Waals surface area contributed by atoms with Crippen LogP contribution in [-0.2, 0) is 21.4 Å². The van der Waals surface area contributed by atoms with Gasteiger partial charge in [0.25, 0.3) is 0 Å². The van der Waals surface area contributed by atoms with Crippen LogP contribution in [0.2, 0.25) is 0 Å². The Morgan fingerprint density at radius 2 is 1.35 bits per heavy atom. The second-order valence-corrected chi connectivity index (χ2v) is 15.8. The molecule has 0 aliphatic carbocycles. The molecule has 2 N–H and O–H groups in total. The van der Waals surface area contributed by atoms with Crippen molar-refractivity contribution < 1.29 is 24.2 Å². The van der Waals surface area contributed by atoms with Gasteiger partial charge < -0.3 is 15.2 Å². The van der Waals surface area contributed by atoms with Crippen LogP contribution < -0.4 is 10.1 Å². The minimum atomic E-state index is -1.12. The quantitative estimate of drug-likeness (QED) is 0.0830. The summed E-state index contributed by atoms with van der Waals surface area (Å²) in [5.41, 5.74) is 4.39. The zero-order valence-corrected chi connectivity index (χ0v) is 31.9. The molecule has 4 rings (SSSR count). The maximum atomic E-state index is 13.7. The molecule has 3 aromatic carbocycles. The van der Waals surface area contributed by atoms with Crippen LogP contribution in [0.1, 0.15) is 108 Å². The van der Waals surface area contributed by atoms with Crippen LogP contribution in [0.4, 0.5) is 0 Å². The van der Waals surface area contributed by atoms with Gasteiger partial charge in [0, 0.05) is 41.4 Å². The van der Waals surface area contributed by atoms with E-state index in [9.17, 15) is 19.5 Å². The number of aromatic nitrogens is 2. The Morgan fingerprint density at radius 1 is 0.750 bits per heavy atom. The molecule has 276 valence electrons. The number of ether oxygens (including phenoxy) is 1. The first-order valence-corrected chi connectivity index (χ1v) is 18.5. The van der Waals surface area contributed by atoms with Gasteiger partial charge in [-0.3, -0.25) is 9.59 Å². The molecular formula is C44H55N3O5. The van der Waals surface area contributed by atoms with E-state index in [1.807, 2.05) is 60.7 Å². The number of carbonyl (C=O) groups is 3. The number of nitrogens with zero attached hydrogens (tertiary/aromatic N) is 2. The van der Waals surface area contributed by atoms with Gasteiger partial charge in [0.1, 0.15) is 11.8 Å². The number of carboxylic acids is 1. The molecular weight excluding hydrogens is 651 g/mol. The molecule has 0 aliphatic heterocycles. The third kappa shape index (κ3) is 11.6. The van der Waals surface area contributed by atoms with Crippen LogP contribution in [0.5, 0.6) is 5.75 Å². The van der Waals surface area contributed by atoms with Crippen LogP contribution in [0.3, 0.4) is 0 Å². The Kier molecular flexibility index (Phi) is 13.9. The third-order valence-corrected chi connectivity index (χ3v) is 9.33. The van der Waals surface area contributed by atoms with Crippen molar-refractivity contribution >= 4 is 17.7 Å². The molecule has 1 aromatic heterocycles. The fourth-order valence-electron chi connectivity index (χ4n) is 6.00. The lowest BCUT2D eigenvalue weighted by molar-refractivity contribution is -0.145. The molecule has 1 heterocycles. The molecule has 2 atom stereocenters. The van der Waals surface area contributed by atoms with Crippen LogP contribution >= 0.6 is 0 Å². The van der Waals surface area contributed by atoms with E-state index in [-0.39, 0.29) is 24.0 Å². The minimum Gasteiger partial charge on any atom is -0.494 e. The number of hydrogen-bond acceptors (Lipinski definition) is 6. The number of Topliss-reactive ketones (excluding diaryl/α,β-unsaturated/α-hetero) is 1. The number of unbranched alkanes of at least 4 members (excludes halogenated alkanes) is 4. The highest BCUT2D eigenvalue weighted by Crippen LogP contribution is 2.27. The molecule has 0 aliphatic rings. The zero-order chi connectivity index (χ0) is 37.9. The summed E-state index contributed by atoms with van der Waals surface area (Å²) in [4.78, 5) is 48.4. The van der Waals surface area contributed by atoms with Gasteiger partial charge in [0.2, 0.25) is 5.91 Å². The summed E-state index contributed by atoms with van der Waals surface area (Å²) in [5, 5.41) is 12.6. The fourth-order valence-corrected chi connectivity index (χ4v) is 6.00. The third-order valence-electron chi connectivity index (χ3n) is 9.33. The van der Waals surface area contributed by atoms with Gasteiger partial charge in [-0.1, -0.05) is 135 Å². The lowest BCUT2D eigenvalue weighted by Crippen LogP contribution is -2.51. The summed E-state index contributed by atoms with van der Waals surface area (Å²) in [7, 11) is 0. The van der Waals surface area contributed by atoms with Crippen molar-refractivity contribution in [3.05, 3.63) is 102 Å². The number of carbonyl (C=O) groups excluding carboxylic acids is 2. The first-order chi connectivity index (χ1) is 24.7. The molecule has 0 unspecified atom stereocenters. The molecule has 1 amide bonds. The molecule has 4 aromatic rings. The van der Waals surface area contributed by atoms with Crippen molar-refractivity contribution in [1.29, 1.82) is 0 Å². The van der Waals surface area contributed by atoms with E-state index >= 15 is 0 Å². The van der Waals surface area contributed by atoms with Crippen molar-refractivity contribution in [2.24, 2.45) is 11.3 Å². The van der Waals surface area contributed by atoms with E-state index < -0.39 is 29.3 Å². The maximum Gasteiger partial charge on any atom is 0.326 e. The summed E-state index contributed by atoms with van der Waals surface area (Å²) in [6, 6.07) is 21.9. The van der Waals surface area contributed by atoms with Crippen molar-refractivity contribution in [3.8, 4) is 28.3 Å². The summed E-state index contributed by atoms with van der Waals surface area (Å²) >= 11 is 0. The molecule has 0 bridgehead atoms. The van der Waals surface area contributed by atoms with Crippen LogP contribution in [-0.4, -0.2) is 45.4 Å². The van der Waals surface area contributed by atoms with Crippen LogP contribution in [0.15, 0.2) is 85.2 Å². The highest BCUT2D eigenvalue weighted by molar-refractivity contribution is 5.99. The Hall–Kier alpha value is -4.85. The molecule has 0 saturated heterocycles. The van der Waals surface area contributed by atoms with Gasteiger partial charge in [-0.2, -0.15) is 0 Å².